The number of piperazine rings is 1. The number of carbonyl (C=O) groups is 2. The van der Waals surface area contributed by atoms with Gasteiger partial charge in [0.15, 0.2) is 11.5 Å². The maximum absolute atomic E-state index is 11.3. The number of hydrogen-bond acceptors (Lipinski definition) is 6. The van der Waals surface area contributed by atoms with Gasteiger partial charge in [0.05, 0.1) is 14.2 Å². The summed E-state index contributed by atoms with van der Waals surface area (Å²) in [5, 5.41) is 10.6. The normalized spacial score (nSPS) is 14.8. The molecular weight excluding hydrogens is 276 g/mol. The van der Waals surface area contributed by atoms with Gasteiger partial charge in [0.2, 0.25) is 0 Å². The van der Waals surface area contributed by atoms with Crippen molar-refractivity contribution in [2.24, 2.45) is 0 Å². The molecule has 2 rings (SSSR count). The van der Waals surface area contributed by atoms with E-state index in [1.807, 2.05) is 18.2 Å². The average molecular weight is 293 g/mol. The van der Waals surface area contributed by atoms with Crippen LogP contribution in [0.5, 0.6) is 11.5 Å². The smallest absolute Gasteiger partial charge is 0.269 e. The van der Waals surface area contributed by atoms with Crippen molar-refractivity contribution in [1.82, 2.24) is 4.90 Å². The van der Waals surface area contributed by atoms with Gasteiger partial charge in [-0.2, -0.15) is 0 Å². The molecule has 0 radical (unpaired) electrons. The van der Waals surface area contributed by atoms with Crippen LogP contribution in [0.1, 0.15) is 0 Å². The molecule has 0 spiro atoms. The minimum Gasteiger partial charge on any atom is -0.540 e. The van der Waals surface area contributed by atoms with Crippen LogP contribution in [-0.2, 0) is 9.59 Å². The van der Waals surface area contributed by atoms with Crippen LogP contribution in [0.3, 0.4) is 0 Å². The van der Waals surface area contributed by atoms with E-state index in [0.29, 0.717) is 37.7 Å². The number of methoxy groups -OCH3 is 2. The first-order chi connectivity index (χ1) is 10.1. The SMILES string of the molecule is COc1ccc(N2CCN(C(=O)C(=O)[O-])CC2)cc1OC. The topological polar surface area (TPSA) is 82.1 Å². The molecule has 7 heteroatoms. The Hall–Kier alpha value is -2.44. The number of aliphatic carboxylic acids is 1. The lowest BCUT2D eigenvalue weighted by Gasteiger charge is -2.36. The molecule has 1 aromatic rings. The fraction of sp³-hybridized carbons (Fsp3) is 0.429. The van der Waals surface area contributed by atoms with Gasteiger partial charge in [-0.05, 0) is 12.1 Å². The van der Waals surface area contributed by atoms with E-state index in [2.05, 4.69) is 4.90 Å². The maximum Gasteiger partial charge on any atom is 0.269 e. The van der Waals surface area contributed by atoms with Crippen molar-refractivity contribution in [3.05, 3.63) is 18.2 Å². The molecule has 1 fully saturated rings. The molecule has 0 N–H and O–H groups in total. The van der Waals surface area contributed by atoms with Crippen LogP contribution in [0.15, 0.2) is 18.2 Å². The first-order valence-electron chi connectivity index (χ1n) is 6.54. The summed E-state index contributed by atoms with van der Waals surface area (Å²) >= 11 is 0. The van der Waals surface area contributed by atoms with Gasteiger partial charge in [0.25, 0.3) is 5.91 Å². The van der Waals surface area contributed by atoms with Crippen molar-refractivity contribution in [2.75, 3.05) is 45.3 Å². The average Bonchev–Trinajstić information content (AvgIpc) is 2.53. The van der Waals surface area contributed by atoms with Gasteiger partial charge in [-0.25, -0.2) is 0 Å². The molecule has 0 aromatic heterocycles. The summed E-state index contributed by atoms with van der Waals surface area (Å²) in [5.41, 5.74) is 0.938. The molecule has 0 bridgehead atoms. The Balaban J connectivity index is 2.05. The van der Waals surface area contributed by atoms with Crippen molar-refractivity contribution in [2.45, 2.75) is 0 Å². The van der Waals surface area contributed by atoms with Gasteiger partial charge < -0.3 is 29.2 Å². The van der Waals surface area contributed by atoms with E-state index in [1.165, 1.54) is 4.90 Å². The Labute approximate surface area is 122 Å². The molecule has 21 heavy (non-hydrogen) atoms. The quantitative estimate of drug-likeness (QED) is 0.672. The Morgan fingerprint density at radius 2 is 1.67 bits per heavy atom. The highest BCUT2D eigenvalue weighted by atomic mass is 16.5. The van der Waals surface area contributed by atoms with Crippen molar-refractivity contribution in [3.8, 4) is 11.5 Å². The standard InChI is InChI=1S/C14H18N2O5/c1-20-11-4-3-10(9-12(11)21-2)15-5-7-16(8-6-15)13(17)14(18)19/h3-4,9H,5-8H2,1-2H3,(H,18,19)/p-1. The number of hydrogen-bond donors (Lipinski definition) is 0. The summed E-state index contributed by atoms with van der Waals surface area (Å²) in [4.78, 5) is 25.2. The molecule has 0 saturated carbocycles. The molecule has 0 unspecified atom stereocenters. The van der Waals surface area contributed by atoms with E-state index in [-0.39, 0.29) is 0 Å². The summed E-state index contributed by atoms with van der Waals surface area (Å²) in [6.45, 7) is 1.80. The third kappa shape index (κ3) is 3.18. The molecule has 1 saturated heterocycles. The summed E-state index contributed by atoms with van der Waals surface area (Å²) in [6.07, 6.45) is 0. The number of ether oxygens (including phenoxy) is 2. The zero-order valence-electron chi connectivity index (χ0n) is 12.0. The van der Waals surface area contributed by atoms with E-state index >= 15 is 0 Å². The number of nitrogens with zero attached hydrogens (tertiary/aromatic N) is 2. The van der Waals surface area contributed by atoms with E-state index in [9.17, 15) is 14.7 Å². The molecule has 1 heterocycles. The number of benzene rings is 1. The third-order valence-corrected chi connectivity index (χ3v) is 3.47. The number of amides is 1. The van der Waals surface area contributed by atoms with Crippen molar-refractivity contribution >= 4 is 17.6 Å². The van der Waals surface area contributed by atoms with Gasteiger partial charge in [0, 0.05) is 37.9 Å². The maximum atomic E-state index is 11.3. The van der Waals surface area contributed by atoms with Crippen LogP contribution in [0.2, 0.25) is 0 Å². The summed E-state index contributed by atoms with van der Waals surface area (Å²) in [7, 11) is 3.14. The summed E-state index contributed by atoms with van der Waals surface area (Å²) in [6, 6.07) is 5.57. The molecule has 1 aliphatic heterocycles. The Kier molecular flexibility index (Phi) is 4.52. The molecule has 0 atom stereocenters. The van der Waals surface area contributed by atoms with Crippen LogP contribution in [0.25, 0.3) is 0 Å². The van der Waals surface area contributed by atoms with Crippen molar-refractivity contribution in [3.63, 3.8) is 0 Å². The third-order valence-electron chi connectivity index (χ3n) is 3.47. The zero-order valence-corrected chi connectivity index (χ0v) is 12.0. The highest BCUT2D eigenvalue weighted by Crippen LogP contribution is 2.31. The largest absolute Gasteiger partial charge is 0.540 e. The van der Waals surface area contributed by atoms with Crippen LogP contribution in [0.4, 0.5) is 5.69 Å². The number of carboxylic acid groups (broad SMARTS) is 1. The number of rotatable bonds is 3. The molecule has 114 valence electrons. The van der Waals surface area contributed by atoms with Crippen LogP contribution in [-0.4, -0.2) is 57.2 Å². The first kappa shape index (κ1) is 15.0. The van der Waals surface area contributed by atoms with Gasteiger partial charge in [-0.3, -0.25) is 4.79 Å². The number of carbonyl (C=O) groups excluding carboxylic acids is 2. The van der Waals surface area contributed by atoms with Gasteiger partial charge in [-0.15, -0.1) is 0 Å². The van der Waals surface area contributed by atoms with Gasteiger partial charge in [0.1, 0.15) is 5.97 Å². The first-order valence-corrected chi connectivity index (χ1v) is 6.54. The van der Waals surface area contributed by atoms with E-state index < -0.39 is 11.9 Å². The van der Waals surface area contributed by atoms with Gasteiger partial charge in [-0.1, -0.05) is 0 Å². The molecule has 0 aliphatic carbocycles. The lowest BCUT2D eigenvalue weighted by molar-refractivity contribution is -0.301. The van der Waals surface area contributed by atoms with E-state index in [0.717, 1.165) is 5.69 Å². The number of anilines is 1. The fourth-order valence-corrected chi connectivity index (χ4v) is 2.32. The Morgan fingerprint density at radius 1 is 1.05 bits per heavy atom. The highest BCUT2D eigenvalue weighted by molar-refractivity contribution is 6.30. The molecule has 1 amide bonds. The summed E-state index contributed by atoms with van der Waals surface area (Å²) < 4.78 is 10.4. The van der Waals surface area contributed by atoms with E-state index in [1.54, 1.807) is 14.2 Å². The zero-order chi connectivity index (χ0) is 15.4. The highest BCUT2D eigenvalue weighted by Gasteiger charge is 2.22. The summed E-state index contributed by atoms with van der Waals surface area (Å²) in [5.74, 6) is -1.34. The number of carboxylic acids is 1. The van der Waals surface area contributed by atoms with Crippen molar-refractivity contribution in [1.29, 1.82) is 0 Å². The molecule has 1 aliphatic rings. The molecule has 1 aromatic carbocycles. The predicted octanol–water partition coefficient (Wildman–Crippen LogP) is -0.898. The second-order valence-electron chi connectivity index (χ2n) is 4.61. The minimum absolute atomic E-state index is 0.348. The van der Waals surface area contributed by atoms with Crippen molar-refractivity contribution < 1.29 is 24.2 Å². The van der Waals surface area contributed by atoms with Gasteiger partial charge >= 0.3 is 0 Å². The second-order valence-corrected chi connectivity index (χ2v) is 4.61. The lowest BCUT2D eigenvalue weighted by atomic mass is 10.2. The van der Waals surface area contributed by atoms with Crippen LogP contribution >= 0.6 is 0 Å². The Bertz CT molecular complexity index is 538. The fourth-order valence-electron chi connectivity index (χ4n) is 2.32. The predicted molar refractivity (Wildman–Crippen MR) is 73.3 cm³/mol. The van der Waals surface area contributed by atoms with Crippen LogP contribution < -0.4 is 19.5 Å². The lowest BCUT2D eigenvalue weighted by Crippen LogP contribution is -2.53. The van der Waals surface area contributed by atoms with E-state index in [4.69, 9.17) is 9.47 Å². The minimum atomic E-state index is -1.66. The second kappa shape index (κ2) is 6.34. The molecular formula is C14H17N2O5-. The van der Waals surface area contributed by atoms with Crippen LogP contribution in [0, 0.1) is 0 Å². The Morgan fingerprint density at radius 3 is 2.19 bits per heavy atom. The molecule has 7 nitrogen and oxygen atoms in total. The monoisotopic (exact) mass is 293 g/mol.